The molecule has 0 radical (unpaired) electrons. The first-order valence-electron chi connectivity index (χ1n) is 9.07. The van der Waals surface area contributed by atoms with Crippen LogP contribution in [0, 0.1) is 0 Å². The first-order valence-corrected chi connectivity index (χ1v) is 9.07. The molecule has 0 unspecified atom stereocenters. The van der Waals surface area contributed by atoms with E-state index < -0.39 is 0 Å². The van der Waals surface area contributed by atoms with Gasteiger partial charge in [-0.05, 0) is 28.0 Å². The second-order valence-electron chi connectivity index (χ2n) is 7.55. The summed E-state index contributed by atoms with van der Waals surface area (Å²) in [5, 5.41) is 9.45. The molecule has 0 spiro atoms. The normalized spacial score (nSPS) is 11.7. The maximum absolute atomic E-state index is 12.0. The van der Waals surface area contributed by atoms with Crippen LogP contribution in [-0.4, -0.2) is 18.7 Å². The van der Waals surface area contributed by atoms with Crippen molar-refractivity contribution in [3.8, 4) is 0 Å². The molecule has 0 aromatic heterocycles. The van der Waals surface area contributed by atoms with E-state index in [9.17, 15) is 4.79 Å². The summed E-state index contributed by atoms with van der Waals surface area (Å²) in [5.74, 6) is -0.189. The first kappa shape index (κ1) is 18.6. The summed E-state index contributed by atoms with van der Waals surface area (Å²) in [7, 11) is 0. The molecule has 0 aliphatic heterocycles. The Morgan fingerprint density at radius 2 is 1.67 bits per heavy atom. The second kappa shape index (κ2) is 8.04. The lowest BCUT2D eigenvalue weighted by Crippen LogP contribution is -2.25. The monoisotopic (exact) mass is 359 g/mol. The highest BCUT2D eigenvalue weighted by atomic mass is 16.2. The standard InChI is InChI=1S/C23H25N3O/c1-23(2,3)19-13-11-17(12-14-19)15-25-26-22(27)16-24-21-10-6-8-18-7-4-5-9-20(18)21/h4-15,24H,16H2,1-3H3,(H,26,27). The van der Waals surface area contributed by atoms with E-state index in [0.717, 1.165) is 22.0 Å². The fourth-order valence-electron chi connectivity index (χ4n) is 2.84. The van der Waals surface area contributed by atoms with Crippen LogP contribution in [0.5, 0.6) is 0 Å². The Bertz CT molecular complexity index is 948. The van der Waals surface area contributed by atoms with Crippen LogP contribution in [0.4, 0.5) is 5.69 Å². The Labute approximate surface area is 160 Å². The van der Waals surface area contributed by atoms with E-state index in [1.54, 1.807) is 6.21 Å². The van der Waals surface area contributed by atoms with Gasteiger partial charge in [-0.2, -0.15) is 5.10 Å². The van der Waals surface area contributed by atoms with Gasteiger partial charge in [0, 0.05) is 11.1 Å². The molecule has 0 saturated heterocycles. The van der Waals surface area contributed by atoms with Crippen molar-refractivity contribution in [2.45, 2.75) is 26.2 Å². The Morgan fingerprint density at radius 1 is 0.963 bits per heavy atom. The molecular formula is C23H25N3O. The number of rotatable bonds is 5. The zero-order valence-corrected chi connectivity index (χ0v) is 16.0. The minimum atomic E-state index is -0.189. The molecule has 4 heteroatoms. The van der Waals surface area contributed by atoms with Crippen LogP contribution in [-0.2, 0) is 10.2 Å². The number of anilines is 1. The Balaban J connectivity index is 1.54. The van der Waals surface area contributed by atoms with Crippen molar-refractivity contribution in [2.75, 3.05) is 11.9 Å². The van der Waals surface area contributed by atoms with Crippen molar-refractivity contribution in [1.82, 2.24) is 5.43 Å². The number of amides is 1. The molecule has 3 aromatic carbocycles. The average Bonchev–Trinajstić information content (AvgIpc) is 2.66. The molecule has 0 fully saturated rings. The van der Waals surface area contributed by atoms with Gasteiger partial charge < -0.3 is 5.32 Å². The third-order valence-electron chi connectivity index (χ3n) is 4.41. The number of hydrogen-bond donors (Lipinski definition) is 2. The van der Waals surface area contributed by atoms with Crippen LogP contribution in [0.3, 0.4) is 0 Å². The van der Waals surface area contributed by atoms with Gasteiger partial charge in [-0.25, -0.2) is 5.43 Å². The number of carbonyl (C=O) groups is 1. The van der Waals surface area contributed by atoms with E-state index in [-0.39, 0.29) is 17.9 Å². The maximum Gasteiger partial charge on any atom is 0.259 e. The van der Waals surface area contributed by atoms with Crippen molar-refractivity contribution in [3.63, 3.8) is 0 Å². The van der Waals surface area contributed by atoms with Gasteiger partial charge in [0.2, 0.25) is 0 Å². The van der Waals surface area contributed by atoms with Gasteiger partial charge in [0.1, 0.15) is 0 Å². The molecule has 0 saturated carbocycles. The maximum atomic E-state index is 12.0. The minimum absolute atomic E-state index is 0.122. The predicted molar refractivity (Wildman–Crippen MR) is 113 cm³/mol. The molecule has 3 rings (SSSR count). The van der Waals surface area contributed by atoms with Crippen molar-refractivity contribution < 1.29 is 4.79 Å². The highest BCUT2D eigenvalue weighted by Gasteiger charge is 2.12. The molecule has 4 nitrogen and oxygen atoms in total. The lowest BCUT2D eigenvalue weighted by atomic mass is 9.87. The van der Waals surface area contributed by atoms with Crippen LogP contribution in [0.25, 0.3) is 10.8 Å². The van der Waals surface area contributed by atoms with E-state index >= 15 is 0 Å². The SMILES string of the molecule is CC(C)(C)c1ccc(C=NNC(=O)CNc2cccc3ccccc23)cc1. The number of nitrogens with zero attached hydrogens (tertiary/aromatic N) is 1. The molecule has 0 bridgehead atoms. The van der Waals surface area contributed by atoms with Crippen LogP contribution in [0.1, 0.15) is 31.9 Å². The fraction of sp³-hybridized carbons (Fsp3) is 0.217. The molecule has 0 atom stereocenters. The molecule has 0 heterocycles. The zero-order valence-electron chi connectivity index (χ0n) is 16.0. The molecule has 138 valence electrons. The summed E-state index contributed by atoms with van der Waals surface area (Å²) < 4.78 is 0. The van der Waals surface area contributed by atoms with E-state index in [1.807, 2.05) is 42.5 Å². The number of nitrogens with one attached hydrogen (secondary N) is 2. The van der Waals surface area contributed by atoms with E-state index in [4.69, 9.17) is 0 Å². The van der Waals surface area contributed by atoms with Crippen molar-refractivity contribution in [2.24, 2.45) is 5.10 Å². The topological polar surface area (TPSA) is 53.5 Å². The summed E-state index contributed by atoms with van der Waals surface area (Å²) in [4.78, 5) is 12.0. The Morgan fingerprint density at radius 3 is 2.41 bits per heavy atom. The fourth-order valence-corrected chi connectivity index (χ4v) is 2.84. The number of hydrogen-bond acceptors (Lipinski definition) is 3. The smallest absolute Gasteiger partial charge is 0.259 e. The largest absolute Gasteiger partial charge is 0.376 e. The van der Waals surface area contributed by atoms with Gasteiger partial charge in [0.15, 0.2) is 0 Å². The van der Waals surface area contributed by atoms with E-state index in [2.05, 4.69) is 60.9 Å². The van der Waals surface area contributed by atoms with Gasteiger partial charge in [-0.15, -0.1) is 0 Å². The third kappa shape index (κ3) is 4.94. The van der Waals surface area contributed by atoms with Crippen LogP contribution >= 0.6 is 0 Å². The second-order valence-corrected chi connectivity index (χ2v) is 7.55. The lowest BCUT2D eigenvalue weighted by Gasteiger charge is -2.18. The zero-order chi connectivity index (χ0) is 19.3. The van der Waals surface area contributed by atoms with Crippen molar-refractivity contribution >= 4 is 28.6 Å². The van der Waals surface area contributed by atoms with Gasteiger partial charge >= 0.3 is 0 Å². The number of benzene rings is 3. The molecule has 0 aliphatic rings. The quantitative estimate of drug-likeness (QED) is 0.512. The van der Waals surface area contributed by atoms with Gasteiger partial charge in [-0.1, -0.05) is 81.4 Å². The Kier molecular flexibility index (Phi) is 5.55. The molecule has 3 aromatic rings. The third-order valence-corrected chi connectivity index (χ3v) is 4.41. The molecular weight excluding hydrogens is 334 g/mol. The number of fused-ring (bicyclic) bond motifs is 1. The first-order chi connectivity index (χ1) is 12.9. The van der Waals surface area contributed by atoms with Crippen LogP contribution in [0.2, 0.25) is 0 Å². The minimum Gasteiger partial charge on any atom is -0.376 e. The van der Waals surface area contributed by atoms with Crippen LogP contribution < -0.4 is 10.7 Å². The molecule has 1 amide bonds. The Hall–Kier alpha value is -3.14. The summed E-state index contributed by atoms with van der Waals surface area (Å²) in [5.41, 5.74) is 5.84. The van der Waals surface area contributed by atoms with Gasteiger partial charge in [0.25, 0.3) is 5.91 Å². The van der Waals surface area contributed by atoms with E-state index in [1.165, 1.54) is 5.56 Å². The van der Waals surface area contributed by atoms with Crippen molar-refractivity contribution in [3.05, 3.63) is 77.9 Å². The predicted octanol–water partition coefficient (Wildman–Crippen LogP) is 4.70. The molecule has 2 N–H and O–H groups in total. The van der Waals surface area contributed by atoms with Crippen molar-refractivity contribution in [1.29, 1.82) is 0 Å². The summed E-state index contributed by atoms with van der Waals surface area (Å²) in [6.07, 6.45) is 1.66. The van der Waals surface area contributed by atoms with Gasteiger partial charge in [-0.3, -0.25) is 4.79 Å². The highest BCUT2D eigenvalue weighted by molar-refractivity contribution is 5.95. The highest BCUT2D eigenvalue weighted by Crippen LogP contribution is 2.23. The number of hydrazone groups is 1. The van der Waals surface area contributed by atoms with E-state index in [0.29, 0.717) is 0 Å². The number of carbonyl (C=O) groups excluding carboxylic acids is 1. The lowest BCUT2D eigenvalue weighted by molar-refractivity contribution is -0.119. The van der Waals surface area contributed by atoms with Crippen LogP contribution in [0.15, 0.2) is 71.8 Å². The summed E-state index contributed by atoms with van der Waals surface area (Å²) in [6.45, 7) is 6.70. The summed E-state index contributed by atoms with van der Waals surface area (Å²) >= 11 is 0. The molecule has 0 aliphatic carbocycles. The summed E-state index contributed by atoms with van der Waals surface area (Å²) in [6, 6.07) is 22.3. The molecule has 27 heavy (non-hydrogen) atoms. The average molecular weight is 359 g/mol. The van der Waals surface area contributed by atoms with Gasteiger partial charge in [0.05, 0.1) is 12.8 Å².